The van der Waals surface area contributed by atoms with E-state index in [0.29, 0.717) is 11.3 Å². The molecule has 0 spiro atoms. The fourth-order valence-corrected chi connectivity index (χ4v) is 4.53. The lowest BCUT2D eigenvalue weighted by atomic mass is 9.89. The van der Waals surface area contributed by atoms with Gasteiger partial charge in [0.25, 0.3) is 0 Å². The van der Waals surface area contributed by atoms with E-state index in [1.165, 1.54) is 0 Å². The molecule has 1 aromatic carbocycles. The first-order valence-electron chi connectivity index (χ1n) is 7.28. The van der Waals surface area contributed by atoms with Crippen LogP contribution in [0.15, 0.2) is 29.2 Å². The highest BCUT2D eigenvalue weighted by molar-refractivity contribution is 7.91. The maximum atomic E-state index is 11.8. The second-order valence-corrected chi connectivity index (χ2v) is 8.06. The zero-order valence-corrected chi connectivity index (χ0v) is 12.7. The van der Waals surface area contributed by atoms with E-state index >= 15 is 0 Å². The Bertz CT molecular complexity index is 653. The molecule has 2 fully saturated rings. The minimum absolute atomic E-state index is 0.0427. The van der Waals surface area contributed by atoms with Gasteiger partial charge in [-0.05, 0) is 43.5 Å². The van der Waals surface area contributed by atoms with Gasteiger partial charge >= 0.3 is 5.97 Å². The normalized spacial score (nSPS) is 28.0. The molecule has 3 rings (SSSR count). The number of carboxylic acids is 1. The van der Waals surface area contributed by atoms with Crippen LogP contribution in [0.2, 0.25) is 0 Å². The van der Waals surface area contributed by atoms with Gasteiger partial charge in [0.05, 0.1) is 16.6 Å². The number of carboxylic acid groups (broad SMARTS) is 1. The smallest absolute Gasteiger partial charge is 0.308 e. The van der Waals surface area contributed by atoms with E-state index in [4.69, 9.17) is 0 Å². The van der Waals surface area contributed by atoms with Crippen LogP contribution in [0.1, 0.15) is 26.2 Å². The molecule has 114 valence electrons. The minimum Gasteiger partial charge on any atom is -0.481 e. The molecule has 21 heavy (non-hydrogen) atoms. The third-order valence-electron chi connectivity index (χ3n) is 4.73. The fourth-order valence-electron chi connectivity index (χ4n) is 3.65. The molecule has 0 radical (unpaired) electrons. The Hall–Kier alpha value is -1.56. The fraction of sp³-hybridized carbons (Fsp3) is 0.533. The second-order valence-electron chi connectivity index (χ2n) is 5.78. The van der Waals surface area contributed by atoms with Crippen LogP contribution in [0.25, 0.3) is 0 Å². The van der Waals surface area contributed by atoms with Gasteiger partial charge in [-0.25, -0.2) is 8.42 Å². The molecule has 2 aliphatic rings. The number of benzene rings is 1. The maximum Gasteiger partial charge on any atom is 0.308 e. The molecule has 2 heterocycles. The molecule has 2 aliphatic heterocycles. The van der Waals surface area contributed by atoms with Crippen LogP contribution >= 0.6 is 0 Å². The van der Waals surface area contributed by atoms with E-state index in [9.17, 15) is 18.3 Å². The SMILES string of the molecule is CCS(=O)(=O)c1ccc(N2C3CCC2C(C(=O)O)C3)cc1. The first-order chi connectivity index (χ1) is 9.94. The van der Waals surface area contributed by atoms with Crippen LogP contribution in [-0.2, 0) is 14.6 Å². The molecule has 1 N–H and O–H groups in total. The van der Waals surface area contributed by atoms with Crippen molar-refractivity contribution in [3.63, 3.8) is 0 Å². The van der Waals surface area contributed by atoms with Gasteiger partial charge in [-0.3, -0.25) is 4.79 Å². The number of aliphatic carboxylic acids is 1. The summed E-state index contributed by atoms with van der Waals surface area (Å²) >= 11 is 0. The summed E-state index contributed by atoms with van der Waals surface area (Å²) < 4.78 is 23.6. The molecule has 0 aliphatic carbocycles. The van der Waals surface area contributed by atoms with Crippen molar-refractivity contribution >= 4 is 21.5 Å². The molecule has 2 bridgehead atoms. The Morgan fingerprint density at radius 2 is 1.95 bits per heavy atom. The number of fused-ring (bicyclic) bond motifs is 2. The van der Waals surface area contributed by atoms with Gasteiger partial charge in [-0.1, -0.05) is 6.92 Å². The van der Waals surface area contributed by atoms with E-state index < -0.39 is 15.8 Å². The quantitative estimate of drug-likeness (QED) is 0.919. The van der Waals surface area contributed by atoms with E-state index in [2.05, 4.69) is 4.90 Å². The van der Waals surface area contributed by atoms with Crippen LogP contribution in [0.5, 0.6) is 0 Å². The van der Waals surface area contributed by atoms with Crippen LogP contribution in [0, 0.1) is 5.92 Å². The molecule has 1 aromatic rings. The third kappa shape index (κ3) is 2.31. The number of rotatable bonds is 4. The number of hydrogen-bond acceptors (Lipinski definition) is 4. The zero-order valence-electron chi connectivity index (χ0n) is 11.9. The average molecular weight is 309 g/mol. The highest BCUT2D eigenvalue weighted by Gasteiger charge is 2.49. The van der Waals surface area contributed by atoms with Crippen molar-refractivity contribution < 1.29 is 18.3 Å². The highest BCUT2D eigenvalue weighted by Crippen LogP contribution is 2.44. The number of sulfone groups is 1. The summed E-state index contributed by atoms with van der Waals surface area (Å²) in [6.45, 7) is 1.63. The topological polar surface area (TPSA) is 74.7 Å². The Labute approximate surface area is 124 Å². The Balaban J connectivity index is 1.87. The largest absolute Gasteiger partial charge is 0.481 e. The average Bonchev–Trinajstić information content (AvgIpc) is 3.05. The van der Waals surface area contributed by atoms with Gasteiger partial charge in [-0.2, -0.15) is 0 Å². The predicted octanol–water partition coefficient (Wildman–Crippen LogP) is 1.92. The Morgan fingerprint density at radius 3 is 2.48 bits per heavy atom. The van der Waals surface area contributed by atoms with Gasteiger partial charge in [0.1, 0.15) is 0 Å². The zero-order chi connectivity index (χ0) is 15.2. The lowest BCUT2D eigenvalue weighted by molar-refractivity contribution is -0.142. The van der Waals surface area contributed by atoms with Gasteiger partial charge < -0.3 is 10.0 Å². The van der Waals surface area contributed by atoms with Crippen LogP contribution in [0.4, 0.5) is 5.69 Å². The van der Waals surface area contributed by atoms with Crippen LogP contribution in [0.3, 0.4) is 0 Å². The summed E-state index contributed by atoms with van der Waals surface area (Å²) in [5.41, 5.74) is 0.932. The van der Waals surface area contributed by atoms with E-state index in [1.807, 2.05) is 0 Å². The van der Waals surface area contributed by atoms with Crippen molar-refractivity contribution in [1.82, 2.24) is 0 Å². The van der Waals surface area contributed by atoms with Crippen LogP contribution < -0.4 is 4.90 Å². The van der Waals surface area contributed by atoms with Gasteiger partial charge in [0.2, 0.25) is 0 Å². The van der Waals surface area contributed by atoms with Crippen molar-refractivity contribution in [1.29, 1.82) is 0 Å². The van der Waals surface area contributed by atoms with Crippen molar-refractivity contribution in [2.75, 3.05) is 10.7 Å². The lowest BCUT2D eigenvalue weighted by Gasteiger charge is -2.25. The van der Waals surface area contributed by atoms with Crippen LogP contribution in [-0.4, -0.2) is 37.3 Å². The summed E-state index contributed by atoms with van der Waals surface area (Å²) in [4.78, 5) is 13.8. The Kier molecular flexibility index (Phi) is 3.43. The van der Waals surface area contributed by atoms with Crippen molar-refractivity contribution in [2.45, 2.75) is 43.2 Å². The second kappa shape index (κ2) is 5.02. The first kappa shape index (κ1) is 14.4. The highest BCUT2D eigenvalue weighted by atomic mass is 32.2. The number of anilines is 1. The minimum atomic E-state index is -3.19. The van der Waals surface area contributed by atoms with Crippen molar-refractivity contribution in [3.05, 3.63) is 24.3 Å². The summed E-state index contributed by atoms with van der Waals surface area (Å²) in [5.74, 6) is -0.942. The maximum absolute atomic E-state index is 11.8. The standard InChI is InChI=1S/C15H19NO4S/c1-2-21(19,20)12-6-3-10(4-7-12)16-11-5-8-14(16)13(9-11)15(17)18/h3-4,6-7,11,13-14H,2,5,8-9H2,1H3,(H,17,18). The molecular weight excluding hydrogens is 290 g/mol. The molecule has 0 amide bonds. The molecule has 5 nitrogen and oxygen atoms in total. The van der Waals surface area contributed by atoms with Gasteiger partial charge in [-0.15, -0.1) is 0 Å². The number of carbonyl (C=O) groups is 1. The summed E-state index contributed by atoms with van der Waals surface area (Å²) in [6.07, 6.45) is 2.61. The number of hydrogen-bond donors (Lipinski definition) is 1. The van der Waals surface area contributed by atoms with Crippen molar-refractivity contribution in [2.24, 2.45) is 5.92 Å². The molecule has 3 unspecified atom stereocenters. The first-order valence-corrected chi connectivity index (χ1v) is 8.93. The predicted molar refractivity (Wildman–Crippen MR) is 79.2 cm³/mol. The van der Waals surface area contributed by atoms with Gasteiger partial charge in [0.15, 0.2) is 9.84 Å². The molecular formula is C15H19NO4S. The summed E-state index contributed by atoms with van der Waals surface area (Å²) in [5, 5.41) is 9.28. The van der Waals surface area contributed by atoms with E-state index in [1.54, 1.807) is 31.2 Å². The third-order valence-corrected chi connectivity index (χ3v) is 6.48. The molecule has 3 atom stereocenters. The Morgan fingerprint density at radius 1 is 1.29 bits per heavy atom. The summed E-state index contributed by atoms with van der Waals surface area (Å²) in [7, 11) is -3.19. The van der Waals surface area contributed by atoms with Gasteiger partial charge in [0, 0.05) is 17.8 Å². The molecule has 0 saturated carbocycles. The lowest BCUT2D eigenvalue weighted by Crippen LogP contribution is -2.32. The monoisotopic (exact) mass is 309 g/mol. The molecule has 2 saturated heterocycles. The van der Waals surface area contributed by atoms with Crippen molar-refractivity contribution in [3.8, 4) is 0 Å². The van der Waals surface area contributed by atoms with E-state index in [0.717, 1.165) is 18.5 Å². The number of nitrogens with zero attached hydrogens (tertiary/aromatic N) is 1. The molecule has 0 aromatic heterocycles. The van der Waals surface area contributed by atoms with E-state index in [-0.39, 0.29) is 23.8 Å². The summed E-state index contributed by atoms with van der Waals surface area (Å²) in [6, 6.07) is 7.17. The molecule has 6 heteroatoms.